The first-order chi connectivity index (χ1) is 16.5. The summed E-state index contributed by atoms with van der Waals surface area (Å²) in [6, 6.07) is 9.92. The number of amides is 1. The molecular weight excluding hydrogens is 487 g/mol. The van der Waals surface area contributed by atoms with Crippen molar-refractivity contribution in [1.82, 2.24) is 9.21 Å². The lowest BCUT2D eigenvalue weighted by atomic mass is 10.00. The van der Waals surface area contributed by atoms with Crippen LogP contribution in [-0.2, 0) is 27.8 Å². The number of alkyl halides is 3. The van der Waals surface area contributed by atoms with Crippen LogP contribution in [0.2, 0.25) is 0 Å². The highest BCUT2D eigenvalue weighted by Gasteiger charge is 2.43. The Balaban J connectivity index is 1.48. The standard InChI is InChI=1S/C23H26F3N3O5S/c1-33-18-4-6-20(21(14-18)34-2)27-9-11-29(12-10-27)35(31,32)19-5-3-16-7-8-28(15-17(16)13-19)22(30)23(24,25)26/h3-6,13-14H,7-12,15H2,1-2H3. The molecule has 1 fully saturated rings. The van der Waals surface area contributed by atoms with Crippen LogP contribution in [0.25, 0.3) is 0 Å². The number of nitrogens with zero attached hydrogens (tertiary/aromatic N) is 3. The Bertz CT molecular complexity index is 1210. The van der Waals surface area contributed by atoms with Gasteiger partial charge < -0.3 is 19.3 Å². The van der Waals surface area contributed by atoms with Crippen LogP contribution in [0.3, 0.4) is 0 Å². The Labute approximate surface area is 201 Å². The molecule has 2 aliphatic rings. The van der Waals surface area contributed by atoms with Crippen LogP contribution in [0, 0.1) is 0 Å². The Morgan fingerprint density at radius 2 is 1.63 bits per heavy atom. The Morgan fingerprint density at radius 3 is 2.26 bits per heavy atom. The molecule has 2 aliphatic heterocycles. The largest absolute Gasteiger partial charge is 0.497 e. The van der Waals surface area contributed by atoms with E-state index in [9.17, 15) is 26.4 Å². The van der Waals surface area contributed by atoms with Crippen molar-refractivity contribution in [2.45, 2.75) is 24.0 Å². The molecule has 0 bridgehead atoms. The molecule has 8 nitrogen and oxygen atoms in total. The molecule has 1 amide bonds. The van der Waals surface area contributed by atoms with Gasteiger partial charge in [-0.25, -0.2) is 8.42 Å². The third-order valence-electron chi connectivity index (χ3n) is 6.32. The minimum Gasteiger partial charge on any atom is -0.497 e. The van der Waals surface area contributed by atoms with Crippen LogP contribution in [0.15, 0.2) is 41.3 Å². The van der Waals surface area contributed by atoms with Gasteiger partial charge in [0.2, 0.25) is 10.0 Å². The van der Waals surface area contributed by atoms with E-state index in [1.54, 1.807) is 32.4 Å². The molecule has 0 N–H and O–H groups in total. The molecule has 35 heavy (non-hydrogen) atoms. The average Bonchev–Trinajstić information content (AvgIpc) is 2.86. The van der Waals surface area contributed by atoms with Crippen molar-refractivity contribution in [1.29, 1.82) is 0 Å². The second-order valence-corrected chi connectivity index (χ2v) is 10.3. The molecule has 2 heterocycles. The normalized spacial score (nSPS) is 17.2. The summed E-state index contributed by atoms with van der Waals surface area (Å²) >= 11 is 0. The smallest absolute Gasteiger partial charge is 0.471 e. The van der Waals surface area contributed by atoms with Gasteiger partial charge in [0.05, 0.1) is 24.8 Å². The first-order valence-corrected chi connectivity index (χ1v) is 12.4. The molecule has 1 saturated heterocycles. The predicted molar refractivity (Wildman–Crippen MR) is 122 cm³/mol. The zero-order valence-electron chi connectivity index (χ0n) is 19.3. The molecule has 0 saturated carbocycles. The topological polar surface area (TPSA) is 79.4 Å². The number of carbonyl (C=O) groups is 1. The maximum Gasteiger partial charge on any atom is 0.471 e. The summed E-state index contributed by atoms with van der Waals surface area (Å²) < 4.78 is 77.2. The van der Waals surface area contributed by atoms with E-state index in [0.717, 1.165) is 11.3 Å². The second kappa shape index (κ2) is 9.57. The van der Waals surface area contributed by atoms with E-state index < -0.39 is 22.1 Å². The Morgan fingerprint density at radius 1 is 0.914 bits per heavy atom. The van der Waals surface area contributed by atoms with Crippen LogP contribution >= 0.6 is 0 Å². The monoisotopic (exact) mass is 513 g/mol. The fourth-order valence-electron chi connectivity index (χ4n) is 4.41. The molecule has 0 radical (unpaired) electrons. The summed E-state index contributed by atoms with van der Waals surface area (Å²) in [4.78, 5) is 14.4. The van der Waals surface area contributed by atoms with E-state index in [4.69, 9.17) is 9.47 Å². The van der Waals surface area contributed by atoms with Crippen molar-refractivity contribution in [3.05, 3.63) is 47.5 Å². The van der Waals surface area contributed by atoms with E-state index in [1.807, 2.05) is 11.0 Å². The third-order valence-corrected chi connectivity index (χ3v) is 8.22. The lowest BCUT2D eigenvalue weighted by Gasteiger charge is -2.36. The molecule has 190 valence electrons. The van der Waals surface area contributed by atoms with Gasteiger partial charge in [0.15, 0.2) is 0 Å². The number of fused-ring (bicyclic) bond motifs is 1. The zero-order valence-corrected chi connectivity index (χ0v) is 20.2. The number of rotatable bonds is 5. The van der Waals surface area contributed by atoms with E-state index in [2.05, 4.69) is 0 Å². The first-order valence-electron chi connectivity index (χ1n) is 11.0. The SMILES string of the molecule is COc1ccc(N2CCN(S(=O)(=O)c3ccc4c(c3)CN(C(=O)C(F)(F)F)CC4)CC2)c(OC)c1. The van der Waals surface area contributed by atoms with Crippen molar-refractivity contribution in [3.63, 3.8) is 0 Å². The van der Waals surface area contributed by atoms with Gasteiger partial charge in [0.1, 0.15) is 11.5 Å². The molecule has 0 atom stereocenters. The Kier molecular flexibility index (Phi) is 6.87. The summed E-state index contributed by atoms with van der Waals surface area (Å²) in [5, 5.41) is 0. The van der Waals surface area contributed by atoms with E-state index in [-0.39, 0.29) is 37.5 Å². The van der Waals surface area contributed by atoms with Gasteiger partial charge >= 0.3 is 12.1 Å². The number of carbonyl (C=O) groups excluding carboxylic acids is 1. The second-order valence-electron chi connectivity index (χ2n) is 8.33. The molecule has 0 unspecified atom stereocenters. The van der Waals surface area contributed by atoms with Crippen molar-refractivity contribution >= 4 is 21.6 Å². The summed E-state index contributed by atoms with van der Waals surface area (Å²) in [6.07, 6.45) is -4.73. The van der Waals surface area contributed by atoms with Crippen LogP contribution in [-0.4, -0.2) is 76.6 Å². The highest BCUT2D eigenvalue weighted by molar-refractivity contribution is 7.89. The number of methoxy groups -OCH3 is 2. The maximum absolute atomic E-state index is 13.3. The number of hydrogen-bond acceptors (Lipinski definition) is 6. The number of anilines is 1. The minimum absolute atomic E-state index is 0.00744. The van der Waals surface area contributed by atoms with Gasteiger partial charge in [0.25, 0.3) is 0 Å². The van der Waals surface area contributed by atoms with Crippen molar-refractivity contribution in [2.24, 2.45) is 0 Å². The van der Waals surface area contributed by atoms with Gasteiger partial charge in [-0.3, -0.25) is 4.79 Å². The fraction of sp³-hybridized carbons (Fsp3) is 0.435. The van der Waals surface area contributed by atoms with Crippen molar-refractivity contribution in [2.75, 3.05) is 51.8 Å². The lowest BCUT2D eigenvalue weighted by Crippen LogP contribution is -2.48. The molecule has 2 aromatic rings. The van der Waals surface area contributed by atoms with Crippen LogP contribution < -0.4 is 14.4 Å². The molecule has 2 aromatic carbocycles. The van der Waals surface area contributed by atoms with E-state index >= 15 is 0 Å². The van der Waals surface area contributed by atoms with Gasteiger partial charge in [-0.2, -0.15) is 17.5 Å². The lowest BCUT2D eigenvalue weighted by molar-refractivity contribution is -0.186. The van der Waals surface area contributed by atoms with Gasteiger partial charge in [-0.15, -0.1) is 0 Å². The summed E-state index contributed by atoms with van der Waals surface area (Å²) in [7, 11) is -0.750. The number of benzene rings is 2. The molecule has 0 aromatic heterocycles. The van der Waals surface area contributed by atoms with Gasteiger partial charge in [-0.05, 0) is 41.8 Å². The van der Waals surface area contributed by atoms with E-state index in [0.29, 0.717) is 35.1 Å². The minimum atomic E-state index is -4.96. The number of ether oxygens (including phenoxy) is 2. The summed E-state index contributed by atoms with van der Waals surface area (Å²) in [5.41, 5.74) is 1.98. The van der Waals surface area contributed by atoms with Crippen LogP contribution in [0.5, 0.6) is 11.5 Å². The number of sulfonamides is 1. The maximum atomic E-state index is 13.3. The predicted octanol–water partition coefficient (Wildman–Crippen LogP) is 2.66. The van der Waals surface area contributed by atoms with Crippen LogP contribution in [0.4, 0.5) is 18.9 Å². The highest BCUT2D eigenvalue weighted by atomic mass is 32.2. The first kappa shape index (κ1) is 25.1. The summed E-state index contributed by atoms with van der Waals surface area (Å²) in [5.74, 6) is -0.649. The average molecular weight is 514 g/mol. The molecule has 12 heteroatoms. The van der Waals surface area contributed by atoms with Crippen molar-refractivity contribution < 1.29 is 35.9 Å². The van der Waals surface area contributed by atoms with Gasteiger partial charge in [-0.1, -0.05) is 6.07 Å². The van der Waals surface area contributed by atoms with Gasteiger partial charge in [0, 0.05) is 45.3 Å². The van der Waals surface area contributed by atoms with Crippen molar-refractivity contribution in [3.8, 4) is 11.5 Å². The molecule has 0 aliphatic carbocycles. The molecule has 0 spiro atoms. The number of hydrogen-bond donors (Lipinski definition) is 0. The molecule has 4 rings (SSSR count). The Hall–Kier alpha value is -2.99. The van der Waals surface area contributed by atoms with Crippen LogP contribution in [0.1, 0.15) is 11.1 Å². The van der Waals surface area contributed by atoms with E-state index in [1.165, 1.54) is 16.4 Å². The highest BCUT2D eigenvalue weighted by Crippen LogP contribution is 2.34. The number of piperazine rings is 1. The fourth-order valence-corrected chi connectivity index (χ4v) is 5.88. The summed E-state index contributed by atoms with van der Waals surface area (Å²) in [6.45, 7) is 0.984. The molecular formula is C23H26F3N3O5S. The quantitative estimate of drug-likeness (QED) is 0.612. The number of halogens is 3. The zero-order chi connectivity index (χ0) is 25.4. The third kappa shape index (κ3) is 5.03.